The third-order valence-electron chi connectivity index (χ3n) is 6.64. The Kier molecular flexibility index (Phi) is 4.29. The lowest BCUT2D eigenvalue weighted by molar-refractivity contribution is -0.838. The lowest BCUT2D eigenvalue weighted by Crippen LogP contribution is -2.60. The molecule has 1 unspecified atom stereocenters. The number of nitrogens with zero attached hydrogens (tertiary/aromatic N) is 1. The summed E-state index contributed by atoms with van der Waals surface area (Å²) in [5, 5.41) is 0. The van der Waals surface area contributed by atoms with E-state index in [-0.39, 0.29) is 11.1 Å². The number of benzene rings is 2. The predicted octanol–water partition coefficient (Wildman–Crippen LogP) is 5.71. The van der Waals surface area contributed by atoms with E-state index in [4.69, 9.17) is 0 Å². The third kappa shape index (κ3) is 2.65. The highest BCUT2D eigenvalue weighted by Crippen LogP contribution is 2.50. The molecule has 0 fully saturated rings. The van der Waals surface area contributed by atoms with Crippen LogP contribution in [0.15, 0.2) is 67.3 Å². The minimum atomic E-state index is -2.03. The Hall–Kier alpha value is -2.36. The van der Waals surface area contributed by atoms with Gasteiger partial charge >= 0.3 is 8.84 Å². The minimum absolute atomic E-state index is 0.0747. The molecule has 0 bridgehead atoms. The molecule has 2 aromatic carbocycles. The summed E-state index contributed by atoms with van der Waals surface area (Å²) in [5.41, 5.74) is 7.92. The molecule has 0 amide bonds. The highest BCUT2D eigenvalue weighted by molar-refractivity contribution is 6.43. The Morgan fingerprint density at radius 2 is 1.39 bits per heavy atom. The van der Waals surface area contributed by atoms with E-state index >= 15 is 0 Å². The summed E-state index contributed by atoms with van der Waals surface area (Å²) < 4.78 is 14.4. The number of allylic oxidation sites excluding steroid dienone is 4. The monoisotopic (exact) mass is 386 g/mol. The van der Waals surface area contributed by atoms with Crippen molar-refractivity contribution in [3.63, 3.8) is 0 Å². The van der Waals surface area contributed by atoms with Crippen LogP contribution in [0.5, 0.6) is 0 Å². The van der Waals surface area contributed by atoms with Crippen molar-refractivity contribution in [2.45, 2.75) is 31.9 Å². The zero-order chi connectivity index (χ0) is 20.3. The maximum atomic E-state index is 13.9. The van der Waals surface area contributed by atoms with Crippen LogP contribution in [-0.4, -0.2) is 32.6 Å². The molecule has 0 N–H and O–H groups in total. The maximum absolute atomic E-state index is 13.9. The molecule has 0 saturated heterocycles. The number of fused-ring (bicyclic) bond motifs is 4. The van der Waals surface area contributed by atoms with Crippen molar-refractivity contribution < 1.29 is 8.61 Å². The molecule has 0 radical (unpaired) electrons. The Labute approximate surface area is 169 Å². The van der Waals surface area contributed by atoms with Crippen LogP contribution in [0.2, 0.25) is 5.54 Å². The zero-order valence-electron chi connectivity index (χ0n) is 17.4. The number of quaternary nitrogens is 1. The van der Waals surface area contributed by atoms with Gasteiger partial charge in [0, 0.05) is 0 Å². The molecule has 0 aromatic heterocycles. The van der Waals surface area contributed by atoms with E-state index in [0.29, 0.717) is 4.15 Å². The second-order valence-corrected chi connectivity index (χ2v) is 11.6. The normalized spacial score (nSPS) is 18.5. The van der Waals surface area contributed by atoms with Gasteiger partial charge in [-0.25, -0.2) is 0 Å². The quantitative estimate of drug-likeness (QED) is 0.605. The van der Waals surface area contributed by atoms with E-state index in [9.17, 15) is 4.46 Å². The van der Waals surface area contributed by atoms with Crippen LogP contribution in [0.25, 0.3) is 16.7 Å². The van der Waals surface area contributed by atoms with Gasteiger partial charge in [0.05, 0.1) is 19.6 Å². The van der Waals surface area contributed by atoms with Gasteiger partial charge in [0.1, 0.15) is 5.54 Å². The first-order valence-corrected chi connectivity index (χ1v) is 11.3. The highest BCUT2D eigenvalue weighted by atomic mass is 28.3. The first kappa shape index (κ1) is 19.0. The zero-order valence-corrected chi connectivity index (χ0v) is 18.4. The molecular formula is C25H28NOSi+. The van der Waals surface area contributed by atoms with Gasteiger partial charge < -0.3 is 8.61 Å². The molecule has 2 aliphatic rings. The molecule has 142 valence electrons. The van der Waals surface area contributed by atoms with Crippen LogP contribution >= 0.6 is 0 Å². The van der Waals surface area contributed by atoms with E-state index in [1.54, 1.807) is 0 Å². The Balaban J connectivity index is 1.97. The summed E-state index contributed by atoms with van der Waals surface area (Å²) in [4.78, 5) is 0. The fourth-order valence-electron chi connectivity index (χ4n) is 4.08. The predicted molar refractivity (Wildman–Crippen MR) is 119 cm³/mol. The number of hydrogen-bond acceptors (Lipinski definition) is 1. The first-order chi connectivity index (χ1) is 13.1. The Morgan fingerprint density at radius 3 is 1.96 bits per heavy atom. The minimum Gasteiger partial charge on any atom is -0.328 e. The summed E-state index contributed by atoms with van der Waals surface area (Å²) >= 11 is 0. The van der Waals surface area contributed by atoms with E-state index in [0.717, 1.165) is 16.7 Å². The van der Waals surface area contributed by atoms with Gasteiger partial charge in [-0.1, -0.05) is 67.3 Å². The van der Waals surface area contributed by atoms with E-state index in [2.05, 4.69) is 102 Å². The average molecular weight is 387 g/mol. The van der Waals surface area contributed by atoms with E-state index < -0.39 is 8.84 Å². The lowest BCUT2D eigenvalue weighted by Gasteiger charge is -2.42. The van der Waals surface area contributed by atoms with Crippen molar-refractivity contribution in [3.8, 4) is 0 Å². The standard InChI is InChI=1S/C25H28NOSi/c1-17-18-11-7-9-13-20(18)22-15-16-23(28(27)26(5,6)25(2,3)4)24(22)21-14-10-8-12-19(17)21/h7-16,23H,1H2,2-6H3/q+1. The van der Waals surface area contributed by atoms with Gasteiger partial charge in [-0.2, -0.15) is 0 Å². The van der Waals surface area contributed by atoms with Gasteiger partial charge in [0.25, 0.3) is 0 Å². The topological polar surface area (TPSA) is 17.1 Å². The van der Waals surface area contributed by atoms with E-state index in [1.807, 2.05) is 0 Å². The van der Waals surface area contributed by atoms with Crippen LogP contribution in [-0.2, 0) is 4.46 Å². The molecule has 2 nitrogen and oxygen atoms in total. The van der Waals surface area contributed by atoms with Crippen molar-refractivity contribution >= 4 is 25.6 Å². The summed E-state index contributed by atoms with van der Waals surface area (Å²) in [6.07, 6.45) is 4.35. The molecule has 2 aliphatic carbocycles. The molecular weight excluding hydrogens is 358 g/mol. The van der Waals surface area contributed by atoms with Crippen LogP contribution in [0.3, 0.4) is 0 Å². The molecule has 0 aliphatic heterocycles. The summed E-state index contributed by atoms with van der Waals surface area (Å²) in [6.45, 7) is 10.9. The molecule has 4 rings (SSSR count). The summed E-state index contributed by atoms with van der Waals surface area (Å²) in [5.74, 6) is 0. The second kappa shape index (κ2) is 6.33. The van der Waals surface area contributed by atoms with E-state index in [1.165, 1.54) is 22.3 Å². The van der Waals surface area contributed by atoms with Crippen molar-refractivity contribution in [1.82, 2.24) is 0 Å². The molecule has 1 atom stereocenters. The Morgan fingerprint density at radius 1 is 0.893 bits per heavy atom. The molecule has 3 heteroatoms. The van der Waals surface area contributed by atoms with Gasteiger partial charge in [-0.05, 0) is 59.7 Å². The fraction of sp³-hybridized carbons (Fsp3) is 0.280. The molecule has 0 spiro atoms. The average Bonchev–Trinajstić information content (AvgIpc) is 3.06. The molecule has 0 saturated carbocycles. The Bertz CT molecular complexity index is 1070. The number of hydrogen-bond donors (Lipinski definition) is 0. The lowest BCUT2D eigenvalue weighted by atomic mass is 9.93. The van der Waals surface area contributed by atoms with Crippen LogP contribution in [0, 0.1) is 0 Å². The van der Waals surface area contributed by atoms with Gasteiger partial charge in [0.15, 0.2) is 0 Å². The highest BCUT2D eigenvalue weighted by Gasteiger charge is 2.48. The van der Waals surface area contributed by atoms with Crippen molar-refractivity contribution in [2.24, 2.45) is 0 Å². The van der Waals surface area contributed by atoms with Crippen LogP contribution in [0.1, 0.15) is 43.0 Å². The van der Waals surface area contributed by atoms with Crippen LogP contribution in [0.4, 0.5) is 0 Å². The van der Waals surface area contributed by atoms with Gasteiger partial charge in [0.2, 0.25) is 0 Å². The summed E-state index contributed by atoms with van der Waals surface area (Å²) in [7, 11) is 2.17. The number of rotatable bonds is 2. The van der Waals surface area contributed by atoms with Crippen molar-refractivity contribution in [3.05, 3.63) is 89.5 Å². The first-order valence-electron chi connectivity index (χ1n) is 9.84. The molecule has 2 aromatic rings. The summed E-state index contributed by atoms with van der Waals surface area (Å²) in [6, 6.07) is 16.9. The second-order valence-electron chi connectivity index (χ2n) is 9.20. The van der Waals surface area contributed by atoms with Crippen molar-refractivity contribution in [2.75, 3.05) is 14.1 Å². The molecule has 0 heterocycles. The third-order valence-corrected chi connectivity index (χ3v) is 9.42. The SMILES string of the molecule is C=C1c2ccccc2C2=C(c3ccccc31)C([Si](=O)[N+](C)(C)C(C)(C)C)C=C2. The largest absolute Gasteiger partial charge is 0.565 e. The van der Waals surface area contributed by atoms with Crippen molar-refractivity contribution in [1.29, 1.82) is 0 Å². The van der Waals surface area contributed by atoms with Gasteiger partial charge in [-0.3, -0.25) is 0 Å². The fourth-order valence-corrected chi connectivity index (χ4v) is 6.26. The van der Waals surface area contributed by atoms with Gasteiger partial charge in [-0.15, -0.1) is 0 Å². The van der Waals surface area contributed by atoms with Crippen LogP contribution < -0.4 is 0 Å². The smallest absolute Gasteiger partial charge is 0.328 e. The molecule has 28 heavy (non-hydrogen) atoms. The maximum Gasteiger partial charge on any atom is 0.565 e.